The summed E-state index contributed by atoms with van der Waals surface area (Å²) in [6.45, 7) is 14.1. The SMILES string of the molecule is [C-]#[N+]c1ccc(N2CCC(C(=O)Nc3ccc(CC4CCN(CCN5CCN(c6cc7c(cc6F)C(=O)N(C6CCC(=O)NC6=O)C7=O)CC5)CC4)cn3)CC2)cc1C(F)(F)F. The van der Waals surface area contributed by atoms with E-state index in [1.807, 2.05) is 21.9 Å². The normalized spacial score (nSPS) is 21.0. The summed E-state index contributed by atoms with van der Waals surface area (Å²) < 4.78 is 55.8. The molecule has 2 N–H and O–H groups in total. The van der Waals surface area contributed by atoms with Gasteiger partial charge in [-0.1, -0.05) is 12.1 Å². The monoisotopic (exact) mass is 857 g/mol. The Labute approximate surface area is 356 Å². The molecule has 326 valence electrons. The highest BCUT2D eigenvalue weighted by molar-refractivity contribution is 6.23. The Balaban J connectivity index is 0.737. The molecular formula is C44H47F4N9O5. The van der Waals surface area contributed by atoms with Crippen LogP contribution in [0.25, 0.3) is 4.85 Å². The molecule has 5 amide bonds. The quantitative estimate of drug-likeness (QED) is 0.160. The molecule has 3 aromatic rings. The highest BCUT2D eigenvalue weighted by Crippen LogP contribution is 2.40. The highest BCUT2D eigenvalue weighted by atomic mass is 19.4. The number of halogens is 4. The van der Waals surface area contributed by atoms with Crippen molar-refractivity contribution < 1.29 is 41.5 Å². The average Bonchev–Trinajstić information content (AvgIpc) is 3.50. The van der Waals surface area contributed by atoms with Gasteiger partial charge >= 0.3 is 6.18 Å². The molecule has 4 saturated heterocycles. The fourth-order valence-corrected chi connectivity index (χ4v) is 9.26. The van der Waals surface area contributed by atoms with Crippen LogP contribution in [-0.2, 0) is 27.0 Å². The minimum atomic E-state index is -4.62. The van der Waals surface area contributed by atoms with Gasteiger partial charge in [0.15, 0.2) is 5.69 Å². The zero-order valence-electron chi connectivity index (χ0n) is 34.1. The molecule has 4 fully saturated rings. The lowest BCUT2D eigenvalue weighted by atomic mass is 9.90. The van der Waals surface area contributed by atoms with Crippen LogP contribution in [-0.4, -0.2) is 121 Å². The van der Waals surface area contributed by atoms with E-state index in [0.29, 0.717) is 69.5 Å². The molecule has 2 aromatic carbocycles. The van der Waals surface area contributed by atoms with Crippen molar-refractivity contribution in [2.45, 2.75) is 57.2 Å². The zero-order valence-corrected chi connectivity index (χ0v) is 34.1. The molecule has 18 heteroatoms. The van der Waals surface area contributed by atoms with Crippen LogP contribution in [0.3, 0.4) is 0 Å². The summed E-state index contributed by atoms with van der Waals surface area (Å²) in [5.74, 6) is -2.65. The van der Waals surface area contributed by atoms with Crippen molar-refractivity contribution in [1.29, 1.82) is 0 Å². The predicted octanol–water partition coefficient (Wildman–Crippen LogP) is 5.12. The first-order valence-corrected chi connectivity index (χ1v) is 21.1. The van der Waals surface area contributed by atoms with E-state index in [-0.39, 0.29) is 41.5 Å². The largest absolute Gasteiger partial charge is 0.407 e. The smallest absolute Gasteiger partial charge is 0.372 e. The number of piperazine rings is 1. The third-order valence-electron chi connectivity index (χ3n) is 12.9. The summed E-state index contributed by atoms with van der Waals surface area (Å²) in [4.78, 5) is 80.3. The van der Waals surface area contributed by atoms with Gasteiger partial charge < -0.3 is 20.0 Å². The lowest BCUT2D eigenvalue weighted by Gasteiger charge is -2.38. The number of likely N-dealkylation sites (tertiary alicyclic amines) is 1. The first-order chi connectivity index (χ1) is 29.7. The van der Waals surface area contributed by atoms with Crippen molar-refractivity contribution in [2.24, 2.45) is 11.8 Å². The molecule has 5 aliphatic heterocycles. The first kappa shape index (κ1) is 42.7. The lowest BCUT2D eigenvalue weighted by Crippen LogP contribution is -2.54. The van der Waals surface area contributed by atoms with Gasteiger partial charge in [-0.3, -0.25) is 39.1 Å². The van der Waals surface area contributed by atoms with E-state index < -0.39 is 52.9 Å². The van der Waals surface area contributed by atoms with Gasteiger partial charge in [0.2, 0.25) is 17.7 Å². The number of alkyl halides is 3. The Hall–Kier alpha value is -5.93. The van der Waals surface area contributed by atoms with Crippen molar-refractivity contribution >= 4 is 52.4 Å². The Bertz CT molecular complexity index is 2280. The number of rotatable bonds is 10. The Morgan fingerprint density at radius 3 is 2.13 bits per heavy atom. The fourth-order valence-electron chi connectivity index (χ4n) is 9.26. The lowest BCUT2D eigenvalue weighted by molar-refractivity contribution is -0.137. The molecule has 0 aliphatic carbocycles. The number of nitrogens with zero attached hydrogens (tertiary/aromatic N) is 7. The molecule has 0 saturated carbocycles. The number of anilines is 3. The minimum absolute atomic E-state index is 0.00716. The molecule has 1 aromatic heterocycles. The number of hydrogen-bond donors (Lipinski definition) is 2. The molecule has 62 heavy (non-hydrogen) atoms. The number of amides is 5. The molecule has 1 unspecified atom stereocenters. The van der Waals surface area contributed by atoms with Crippen LogP contribution in [0.2, 0.25) is 0 Å². The van der Waals surface area contributed by atoms with E-state index >= 15 is 4.39 Å². The fraction of sp³-hybridized carbons (Fsp3) is 0.477. The van der Waals surface area contributed by atoms with Crippen molar-refractivity contribution in [3.05, 3.63) is 88.1 Å². The first-order valence-electron chi connectivity index (χ1n) is 21.1. The van der Waals surface area contributed by atoms with E-state index in [1.165, 1.54) is 18.2 Å². The van der Waals surface area contributed by atoms with Crippen molar-refractivity contribution in [3.8, 4) is 0 Å². The van der Waals surface area contributed by atoms with Crippen molar-refractivity contribution in [1.82, 2.24) is 25.0 Å². The van der Waals surface area contributed by atoms with Crippen LogP contribution in [0.15, 0.2) is 48.7 Å². The number of piperidine rings is 3. The summed E-state index contributed by atoms with van der Waals surface area (Å²) >= 11 is 0. The summed E-state index contributed by atoms with van der Waals surface area (Å²) in [5, 5.41) is 5.07. The van der Waals surface area contributed by atoms with Gasteiger partial charge in [-0.15, -0.1) is 0 Å². The Morgan fingerprint density at radius 2 is 1.50 bits per heavy atom. The molecule has 5 aliphatic rings. The Kier molecular flexibility index (Phi) is 12.3. The number of imide groups is 2. The molecule has 8 rings (SSSR count). The zero-order chi connectivity index (χ0) is 43.7. The predicted molar refractivity (Wildman–Crippen MR) is 220 cm³/mol. The van der Waals surface area contributed by atoms with Gasteiger partial charge in [0.1, 0.15) is 17.7 Å². The highest BCUT2D eigenvalue weighted by Gasteiger charge is 2.45. The van der Waals surface area contributed by atoms with E-state index in [0.717, 1.165) is 68.0 Å². The number of fused-ring (bicyclic) bond motifs is 1. The van der Waals surface area contributed by atoms with Crippen LogP contribution in [0.4, 0.5) is 40.4 Å². The van der Waals surface area contributed by atoms with E-state index in [1.54, 1.807) is 6.20 Å². The van der Waals surface area contributed by atoms with Gasteiger partial charge in [-0.2, -0.15) is 13.2 Å². The van der Waals surface area contributed by atoms with Crippen LogP contribution >= 0.6 is 0 Å². The number of carbonyl (C=O) groups is 5. The summed E-state index contributed by atoms with van der Waals surface area (Å²) in [6, 6.07) is 8.92. The minimum Gasteiger partial charge on any atom is -0.372 e. The number of pyridine rings is 1. The van der Waals surface area contributed by atoms with Crippen LogP contribution in [0, 0.1) is 24.2 Å². The average molecular weight is 858 g/mol. The number of nitrogens with one attached hydrogen (secondary N) is 2. The van der Waals surface area contributed by atoms with E-state index in [2.05, 4.69) is 30.3 Å². The maximum absolute atomic E-state index is 15.4. The molecule has 0 spiro atoms. The third-order valence-corrected chi connectivity index (χ3v) is 12.9. The molecule has 1 atom stereocenters. The third kappa shape index (κ3) is 9.14. The van der Waals surface area contributed by atoms with Crippen LogP contribution in [0.5, 0.6) is 0 Å². The molecule has 6 heterocycles. The van der Waals surface area contributed by atoms with Crippen molar-refractivity contribution in [3.63, 3.8) is 0 Å². The summed E-state index contributed by atoms with van der Waals surface area (Å²) in [6.07, 6.45) is 1.16. The molecule has 14 nitrogen and oxygen atoms in total. The standard InChI is InChI=1S/C44H47F4N9O5/c1-49-35-4-3-30(23-33(35)44(46,47)48)55-14-10-29(11-15-55)40(59)51-38-6-2-28(26-50-38)22-27-8-12-53(13-9-27)16-17-54-18-20-56(21-19-54)37-25-32-31(24-34(37)45)42(61)57(43(32)62)36-5-7-39(58)52-41(36)60/h2-4,6,23-27,29,36H,5,7-22H2,(H,50,51,59)(H,52,58,60). The molecule has 0 bridgehead atoms. The second-order valence-corrected chi connectivity index (χ2v) is 16.7. The van der Waals surface area contributed by atoms with Gasteiger partial charge in [0.05, 0.1) is 28.9 Å². The van der Waals surface area contributed by atoms with Gasteiger partial charge in [-0.25, -0.2) is 14.2 Å². The number of benzene rings is 2. The topological polar surface area (TPSA) is 143 Å². The van der Waals surface area contributed by atoms with E-state index in [9.17, 15) is 37.1 Å². The van der Waals surface area contributed by atoms with Gasteiger partial charge in [-0.05, 0) is 93.4 Å². The van der Waals surface area contributed by atoms with Crippen molar-refractivity contribution in [2.75, 3.05) is 80.6 Å². The summed E-state index contributed by atoms with van der Waals surface area (Å²) in [7, 11) is 0. The maximum atomic E-state index is 15.4. The number of aromatic nitrogens is 1. The Morgan fingerprint density at radius 1 is 0.823 bits per heavy atom. The molecule has 0 radical (unpaired) electrons. The molecular weight excluding hydrogens is 811 g/mol. The van der Waals surface area contributed by atoms with Gasteiger partial charge in [0, 0.05) is 76.6 Å². The van der Waals surface area contributed by atoms with Gasteiger partial charge in [0.25, 0.3) is 11.8 Å². The number of hydrogen-bond acceptors (Lipinski definition) is 10. The number of carbonyl (C=O) groups excluding carboxylic acids is 5. The van der Waals surface area contributed by atoms with Crippen LogP contribution in [0.1, 0.15) is 70.4 Å². The van der Waals surface area contributed by atoms with E-state index in [4.69, 9.17) is 6.57 Å². The summed E-state index contributed by atoms with van der Waals surface area (Å²) in [5.41, 5.74) is 0.334. The second-order valence-electron chi connectivity index (χ2n) is 16.7. The second kappa shape index (κ2) is 17.8. The van der Waals surface area contributed by atoms with Crippen LogP contribution < -0.4 is 20.4 Å². The maximum Gasteiger partial charge on any atom is 0.407 e.